The molecule has 0 radical (unpaired) electrons. The Morgan fingerprint density at radius 3 is 2.14 bits per heavy atom. The van der Waals surface area contributed by atoms with Crippen molar-refractivity contribution in [2.24, 2.45) is 0 Å². The lowest BCUT2D eigenvalue weighted by molar-refractivity contribution is -0.118. The zero-order valence-electron chi connectivity index (χ0n) is 20.2. The lowest BCUT2D eigenvalue weighted by atomic mass is 9.85. The van der Waals surface area contributed by atoms with Gasteiger partial charge in [-0.3, -0.25) is 4.79 Å². The largest absolute Gasteiger partial charge is 0.478 e. The molecule has 0 aliphatic rings. The van der Waals surface area contributed by atoms with Crippen molar-refractivity contribution in [3.8, 4) is 6.07 Å². The van der Waals surface area contributed by atoms with Crippen LogP contribution < -0.4 is 9.44 Å². The van der Waals surface area contributed by atoms with E-state index in [2.05, 4.69) is 0 Å². The van der Waals surface area contributed by atoms with Crippen LogP contribution in [-0.2, 0) is 31.3 Å². The molecule has 0 bridgehead atoms. The van der Waals surface area contributed by atoms with Crippen LogP contribution in [0.3, 0.4) is 0 Å². The predicted molar refractivity (Wildman–Crippen MR) is 128 cm³/mol. The molecular weight excluding hydrogens is 513 g/mol. The number of carbonyl (C=O) groups is 2. The van der Waals surface area contributed by atoms with Gasteiger partial charge in [-0.25, -0.2) is 35.5 Å². The van der Waals surface area contributed by atoms with E-state index in [0.717, 1.165) is 19.2 Å². The van der Waals surface area contributed by atoms with Crippen molar-refractivity contribution in [1.29, 1.82) is 5.26 Å². The number of carbonyl (C=O) groups excluding carboxylic acids is 1. The molecule has 1 amide bonds. The summed E-state index contributed by atoms with van der Waals surface area (Å²) >= 11 is 0. The standard InChI is InChI=1S/C23H26FN3O7S2/c1-12(2)16-8-14(11-25)22(24)21(13(3)4)17(16)10-20(28)27-36(33,34)19-7-6-15(35(31,32)26-5)9-18(19)23(29)30/h6-9,12-13,26H,10H2,1-5H3,(H,27,28)(H,29,30). The summed E-state index contributed by atoms with van der Waals surface area (Å²) in [7, 11) is -7.72. The Hall–Kier alpha value is -3.34. The molecule has 2 rings (SSSR count). The number of amides is 1. The minimum atomic E-state index is -4.76. The van der Waals surface area contributed by atoms with Crippen molar-refractivity contribution < 1.29 is 35.9 Å². The topological polar surface area (TPSA) is 170 Å². The number of halogens is 1. The molecule has 0 aliphatic heterocycles. The van der Waals surface area contributed by atoms with E-state index in [9.17, 15) is 41.2 Å². The molecule has 194 valence electrons. The van der Waals surface area contributed by atoms with Crippen LogP contribution in [0.15, 0.2) is 34.1 Å². The summed E-state index contributed by atoms with van der Waals surface area (Å²) in [4.78, 5) is 23.2. The molecule has 2 aromatic rings. The summed E-state index contributed by atoms with van der Waals surface area (Å²) in [5.41, 5.74) is -0.211. The van der Waals surface area contributed by atoms with Gasteiger partial charge in [-0.2, -0.15) is 5.26 Å². The molecule has 0 saturated heterocycles. The van der Waals surface area contributed by atoms with E-state index in [-0.39, 0.29) is 22.6 Å². The highest BCUT2D eigenvalue weighted by Gasteiger charge is 2.29. The number of hydrogen-bond acceptors (Lipinski definition) is 7. The lowest BCUT2D eigenvalue weighted by Crippen LogP contribution is -2.33. The van der Waals surface area contributed by atoms with E-state index in [4.69, 9.17) is 0 Å². The maximum absolute atomic E-state index is 15.0. The Bertz CT molecular complexity index is 1480. The first-order valence-corrected chi connectivity index (χ1v) is 13.7. The monoisotopic (exact) mass is 539 g/mol. The summed E-state index contributed by atoms with van der Waals surface area (Å²) in [6.07, 6.45) is -0.558. The van der Waals surface area contributed by atoms with Gasteiger partial charge in [0.1, 0.15) is 16.8 Å². The van der Waals surface area contributed by atoms with Crippen LogP contribution in [-0.4, -0.2) is 40.9 Å². The van der Waals surface area contributed by atoms with Crippen LogP contribution in [0.1, 0.15) is 72.1 Å². The van der Waals surface area contributed by atoms with Crippen molar-refractivity contribution in [3.63, 3.8) is 0 Å². The van der Waals surface area contributed by atoms with Crippen molar-refractivity contribution in [1.82, 2.24) is 9.44 Å². The zero-order chi connectivity index (χ0) is 27.6. The second kappa shape index (κ2) is 10.7. The van der Waals surface area contributed by atoms with Crippen molar-refractivity contribution in [2.75, 3.05) is 7.05 Å². The van der Waals surface area contributed by atoms with E-state index in [1.807, 2.05) is 4.72 Å². The molecule has 3 N–H and O–H groups in total. The Morgan fingerprint density at radius 2 is 1.67 bits per heavy atom. The maximum atomic E-state index is 15.0. The molecule has 0 spiro atoms. The lowest BCUT2D eigenvalue weighted by Gasteiger charge is -2.21. The fraction of sp³-hybridized carbons (Fsp3) is 0.348. The molecule has 0 saturated carbocycles. The highest BCUT2D eigenvalue weighted by molar-refractivity contribution is 7.90. The minimum Gasteiger partial charge on any atom is -0.478 e. The molecular formula is C23H26FN3O7S2. The Labute approximate surface area is 209 Å². The molecule has 0 aromatic heterocycles. The van der Waals surface area contributed by atoms with Crippen LogP contribution in [0.2, 0.25) is 0 Å². The summed E-state index contributed by atoms with van der Waals surface area (Å²) in [5, 5.41) is 18.8. The van der Waals surface area contributed by atoms with Crippen molar-refractivity contribution in [3.05, 3.63) is 57.9 Å². The molecule has 0 heterocycles. The van der Waals surface area contributed by atoms with Gasteiger partial charge in [0.25, 0.3) is 10.0 Å². The van der Waals surface area contributed by atoms with Gasteiger partial charge in [0, 0.05) is 0 Å². The Morgan fingerprint density at radius 1 is 1.06 bits per heavy atom. The number of carboxylic acid groups (broad SMARTS) is 1. The van der Waals surface area contributed by atoms with Crippen LogP contribution in [0, 0.1) is 17.1 Å². The van der Waals surface area contributed by atoms with Crippen molar-refractivity contribution in [2.45, 2.75) is 55.7 Å². The molecule has 36 heavy (non-hydrogen) atoms. The molecule has 0 fully saturated rings. The van der Waals surface area contributed by atoms with Gasteiger partial charge in [-0.15, -0.1) is 0 Å². The summed E-state index contributed by atoms with van der Waals surface area (Å²) < 4.78 is 68.6. The normalized spacial score (nSPS) is 12.0. The van der Waals surface area contributed by atoms with Crippen LogP contribution in [0.4, 0.5) is 4.39 Å². The number of nitrogens with one attached hydrogen (secondary N) is 2. The quantitative estimate of drug-likeness (QED) is 0.436. The average Bonchev–Trinajstić information content (AvgIpc) is 2.77. The van der Waals surface area contributed by atoms with Gasteiger partial charge in [0.05, 0.1) is 22.4 Å². The number of nitriles is 1. The van der Waals surface area contributed by atoms with Crippen LogP contribution in [0.25, 0.3) is 0 Å². The number of hydrogen-bond donors (Lipinski definition) is 3. The maximum Gasteiger partial charge on any atom is 0.337 e. The molecule has 0 aliphatic carbocycles. The summed E-state index contributed by atoms with van der Waals surface area (Å²) in [6.45, 7) is 6.89. The SMILES string of the molecule is CNS(=O)(=O)c1ccc(S(=O)(=O)NC(=O)Cc2c(C(C)C)cc(C#N)c(F)c2C(C)C)c(C(=O)O)c1. The number of benzene rings is 2. The van der Waals surface area contributed by atoms with E-state index >= 15 is 0 Å². The second-order valence-corrected chi connectivity index (χ2v) is 12.1. The molecule has 2 aromatic carbocycles. The molecule has 10 nitrogen and oxygen atoms in total. The van der Waals surface area contributed by atoms with E-state index in [1.165, 1.54) is 6.07 Å². The minimum absolute atomic E-state index is 0.109. The van der Waals surface area contributed by atoms with Gasteiger partial charge in [0.2, 0.25) is 15.9 Å². The fourth-order valence-corrected chi connectivity index (χ4v) is 5.65. The highest BCUT2D eigenvalue weighted by Crippen LogP contribution is 2.33. The third kappa shape index (κ3) is 5.89. The third-order valence-electron chi connectivity index (χ3n) is 5.40. The van der Waals surface area contributed by atoms with E-state index in [1.54, 1.807) is 38.5 Å². The molecule has 0 unspecified atom stereocenters. The van der Waals surface area contributed by atoms with Crippen molar-refractivity contribution >= 4 is 31.9 Å². The van der Waals surface area contributed by atoms with Gasteiger partial charge >= 0.3 is 5.97 Å². The van der Waals surface area contributed by atoms with E-state index in [0.29, 0.717) is 11.6 Å². The van der Waals surface area contributed by atoms with Gasteiger partial charge < -0.3 is 5.11 Å². The van der Waals surface area contributed by atoms with Gasteiger partial charge in [-0.05, 0) is 59.8 Å². The van der Waals surface area contributed by atoms with Crippen LogP contribution in [0.5, 0.6) is 0 Å². The van der Waals surface area contributed by atoms with Crippen LogP contribution >= 0.6 is 0 Å². The summed E-state index contributed by atoms with van der Waals surface area (Å²) in [6, 6.07) is 5.43. The van der Waals surface area contributed by atoms with E-state index < -0.39 is 65.4 Å². The zero-order valence-corrected chi connectivity index (χ0v) is 21.8. The summed E-state index contributed by atoms with van der Waals surface area (Å²) in [5.74, 6) is -4.25. The van der Waals surface area contributed by atoms with Gasteiger partial charge in [-0.1, -0.05) is 27.7 Å². The predicted octanol–water partition coefficient (Wildman–Crippen LogP) is 2.60. The first-order valence-electron chi connectivity index (χ1n) is 10.7. The number of carboxylic acids is 1. The Balaban J connectivity index is 2.55. The Kier molecular flexibility index (Phi) is 8.61. The molecule has 0 atom stereocenters. The highest BCUT2D eigenvalue weighted by atomic mass is 32.2. The third-order valence-corrected chi connectivity index (χ3v) is 8.25. The number of aromatic carboxylic acids is 1. The fourth-order valence-electron chi connectivity index (χ4n) is 3.73. The molecule has 13 heteroatoms. The number of sulfonamides is 2. The number of nitrogens with zero attached hydrogens (tertiary/aromatic N) is 1. The van der Waals surface area contributed by atoms with Gasteiger partial charge in [0.15, 0.2) is 0 Å². The second-order valence-electron chi connectivity index (χ2n) is 8.52. The average molecular weight is 540 g/mol. The smallest absolute Gasteiger partial charge is 0.337 e. The first-order chi connectivity index (χ1) is 16.6. The first kappa shape index (κ1) is 28.9. The number of rotatable bonds is 9.